The third kappa shape index (κ3) is 8.19. The van der Waals surface area contributed by atoms with Crippen molar-refractivity contribution in [1.82, 2.24) is 15.5 Å². The Labute approximate surface area is 152 Å². The van der Waals surface area contributed by atoms with E-state index in [2.05, 4.69) is 22.5 Å². The normalized spacial score (nSPS) is 20.9. The zero-order valence-electron chi connectivity index (χ0n) is 14.9. The van der Waals surface area contributed by atoms with E-state index in [4.69, 9.17) is 0 Å². The topological polar surface area (TPSA) is 56.7 Å². The molecule has 0 aromatic heterocycles. The van der Waals surface area contributed by atoms with E-state index in [9.17, 15) is 4.79 Å². The summed E-state index contributed by atoms with van der Waals surface area (Å²) in [6.07, 6.45) is 3.72. The molecule has 2 atom stereocenters. The van der Waals surface area contributed by atoms with Crippen LogP contribution in [-0.4, -0.2) is 48.5 Å². The van der Waals surface area contributed by atoms with Crippen molar-refractivity contribution in [3.63, 3.8) is 0 Å². The van der Waals surface area contributed by atoms with Gasteiger partial charge in [0.2, 0.25) is 5.91 Å². The first-order valence-electron chi connectivity index (χ1n) is 8.10. The maximum atomic E-state index is 12.0. The minimum atomic E-state index is -0.198. The number of hydrogen-bond acceptors (Lipinski definition) is 2. The maximum Gasteiger partial charge on any atom is 0.240 e. The molecule has 0 radical (unpaired) electrons. The molecular formula is C16H33IN4O. The number of hydrogen-bond donors (Lipinski definition) is 2. The molecule has 1 aliphatic rings. The Morgan fingerprint density at radius 3 is 2.45 bits per heavy atom. The van der Waals surface area contributed by atoms with Gasteiger partial charge in [-0.05, 0) is 46.5 Å². The van der Waals surface area contributed by atoms with Gasteiger partial charge in [0, 0.05) is 25.2 Å². The quantitative estimate of drug-likeness (QED) is 0.392. The van der Waals surface area contributed by atoms with Crippen molar-refractivity contribution >= 4 is 35.8 Å². The summed E-state index contributed by atoms with van der Waals surface area (Å²) in [5.41, 5.74) is -0.198. The number of carbonyl (C=O) groups excluding carboxylic acids is 1. The van der Waals surface area contributed by atoms with Crippen LogP contribution in [0.25, 0.3) is 0 Å². The standard InChI is InChI=1S/C16H32N4O.HI/c1-7-9-12-10-13(12)18-15(17-8-2)20(6)11-14(21)19-16(3,4)5;/h12-13H,7-11H2,1-6H3,(H,17,18)(H,19,21);1H. The third-order valence-electron chi connectivity index (χ3n) is 3.46. The maximum absolute atomic E-state index is 12.0. The summed E-state index contributed by atoms with van der Waals surface area (Å²) >= 11 is 0. The molecule has 6 heteroatoms. The van der Waals surface area contributed by atoms with Crippen LogP contribution >= 0.6 is 24.0 Å². The zero-order chi connectivity index (χ0) is 16.0. The number of guanidine groups is 1. The Hall–Kier alpha value is -0.530. The van der Waals surface area contributed by atoms with Crippen molar-refractivity contribution in [2.75, 3.05) is 20.1 Å². The second-order valence-electron chi connectivity index (χ2n) is 6.99. The number of nitrogens with zero attached hydrogens (tertiary/aromatic N) is 2. The highest BCUT2D eigenvalue weighted by Gasteiger charge is 2.37. The molecule has 0 heterocycles. The molecule has 0 aliphatic heterocycles. The van der Waals surface area contributed by atoms with Gasteiger partial charge in [0.15, 0.2) is 5.96 Å². The molecule has 1 saturated carbocycles. The minimum Gasteiger partial charge on any atom is -0.353 e. The van der Waals surface area contributed by atoms with Crippen LogP contribution < -0.4 is 10.6 Å². The fraction of sp³-hybridized carbons (Fsp3) is 0.875. The van der Waals surface area contributed by atoms with Crippen molar-refractivity contribution in [3.8, 4) is 0 Å². The Kier molecular flexibility index (Phi) is 9.34. The third-order valence-corrected chi connectivity index (χ3v) is 3.46. The highest BCUT2D eigenvalue weighted by Crippen LogP contribution is 2.34. The molecule has 5 nitrogen and oxygen atoms in total. The van der Waals surface area contributed by atoms with E-state index in [0.29, 0.717) is 12.6 Å². The predicted octanol–water partition coefficient (Wildman–Crippen LogP) is 2.61. The monoisotopic (exact) mass is 424 g/mol. The van der Waals surface area contributed by atoms with Gasteiger partial charge >= 0.3 is 0 Å². The van der Waals surface area contributed by atoms with E-state index < -0.39 is 0 Å². The lowest BCUT2D eigenvalue weighted by atomic mass is 10.1. The summed E-state index contributed by atoms with van der Waals surface area (Å²) in [6.45, 7) is 11.3. The summed E-state index contributed by atoms with van der Waals surface area (Å²) in [5.74, 6) is 1.63. The van der Waals surface area contributed by atoms with Gasteiger partial charge in [-0.25, -0.2) is 0 Å². The molecule has 1 aliphatic carbocycles. The molecule has 1 amide bonds. The number of nitrogens with one attached hydrogen (secondary N) is 2. The second-order valence-corrected chi connectivity index (χ2v) is 6.99. The molecule has 22 heavy (non-hydrogen) atoms. The molecular weight excluding hydrogens is 391 g/mol. The molecule has 2 unspecified atom stereocenters. The number of likely N-dealkylation sites (N-methyl/N-ethyl adjacent to an activating group) is 1. The van der Waals surface area contributed by atoms with Crippen LogP contribution in [0.3, 0.4) is 0 Å². The molecule has 0 aromatic rings. The first-order chi connectivity index (χ1) is 9.76. The highest BCUT2D eigenvalue weighted by molar-refractivity contribution is 14.0. The summed E-state index contributed by atoms with van der Waals surface area (Å²) in [7, 11) is 1.92. The Balaban J connectivity index is 0.00000441. The fourth-order valence-electron chi connectivity index (χ4n) is 2.45. The Bertz CT molecular complexity index is 379. The smallest absolute Gasteiger partial charge is 0.240 e. The molecule has 130 valence electrons. The lowest BCUT2D eigenvalue weighted by Crippen LogP contribution is -2.49. The summed E-state index contributed by atoms with van der Waals surface area (Å²) < 4.78 is 0. The van der Waals surface area contributed by atoms with E-state index in [-0.39, 0.29) is 35.4 Å². The molecule has 0 aromatic carbocycles. The van der Waals surface area contributed by atoms with Gasteiger partial charge in [-0.2, -0.15) is 0 Å². The van der Waals surface area contributed by atoms with E-state index in [1.54, 1.807) is 0 Å². The van der Waals surface area contributed by atoms with E-state index in [1.165, 1.54) is 19.3 Å². The lowest BCUT2D eigenvalue weighted by molar-refractivity contribution is -0.122. The zero-order valence-corrected chi connectivity index (χ0v) is 17.2. The van der Waals surface area contributed by atoms with Crippen molar-refractivity contribution in [1.29, 1.82) is 0 Å². The highest BCUT2D eigenvalue weighted by atomic mass is 127. The molecule has 1 rings (SSSR count). The first-order valence-corrected chi connectivity index (χ1v) is 8.10. The van der Waals surface area contributed by atoms with Crippen LogP contribution in [0.5, 0.6) is 0 Å². The predicted molar refractivity (Wildman–Crippen MR) is 104 cm³/mol. The van der Waals surface area contributed by atoms with E-state index >= 15 is 0 Å². The van der Waals surface area contributed by atoms with Gasteiger partial charge in [0.05, 0.1) is 6.54 Å². The Morgan fingerprint density at radius 2 is 1.95 bits per heavy atom. The van der Waals surface area contributed by atoms with Crippen LogP contribution in [0.4, 0.5) is 0 Å². The number of amides is 1. The fourth-order valence-corrected chi connectivity index (χ4v) is 2.45. The summed E-state index contributed by atoms with van der Waals surface area (Å²) in [4.78, 5) is 18.4. The van der Waals surface area contributed by atoms with Gasteiger partial charge in [-0.3, -0.25) is 9.79 Å². The van der Waals surface area contributed by atoms with Crippen molar-refractivity contribution in [3.05, 3.63) is 0 Å². The summed E-state index contributed by atoms with van der Waals surface area (Å²) in [6, 6.07) is 0.531. The molecule has 0 saturated heterocycles. The van der Waals surface area contributed by atoms with Crippen molar-refractivity contribution < 1.29 is 4.79 Å². The van der Waals surface area contributed by atoms with Gasteiger partial charge in [0.1, 0.15) is 0 Å². The Morgan fingerprint density at radius 1 is 1.32 bits per heavy atom. The second kappa shape index (κ2) is 9.57. The number of rotatable bonds is 6. The number of aliphatic imine (C=N–C) groups is 1. The van der Waals surface area contributed by atoms with Crippen LogP contribution in [0.2, 0.25) is 0 Å². The number of halogens is 1. The average Bonchev–Trinajstić information content (AvgIpc) is 3.04. The molecule has 2 N–H and O–H groups in total. The summed E-state index contributed by atoms with van der Waals surface area (Å²) in [5, 5.41) is 6.47. The van der Waals surface area contributed by atoms with Gasteiger partial charge in [0.25, 0.3) is 0 Å². The first kappa shape index (κ1) is 21.5. The largest absolute Gasteiger partial charge is 0.353 e. The van der Waals surface area contributed by atoms with Crippen LogP contribution in [0.15, 0.2) is 4.99 Å². The van der Waals surface area contributed by atoms with E-state index in [1.807, 2.05) is 39.6 Å². The molecule has 0 bridgehead atoms. The van der Waals surface area contributed by atoms with Crippen LogP contribution in [-0.2, 0) is 4.79 Å². The van der Waals surface area contributed by atoms with Gasteiger partial charge in [-0.1, -0.05) is 13.3 Å². The van der Waals surface area contributed by atoms with Crippen LogP contribution in [0, 0.1) is 5.92 Å². The minimum absolute atomic E-state index is 0. The molecule has 0 spiro atoms. The van der Waals surface area contributed by atoms with Gasteiger partial charge in [-0.15, -0.1) is 24.0 Å². The SMILES string of the molecule is CCCC1CC1NC(=NCC)N(C)CC(=O)NC(C)(C)C.I. The van der Waals surface area contributed by atoms with E-state index in [0.717, 1.165) is 18.4 Å². The van der Waals surface area contributed by atoms with Gasteiger partial charge < -0.3 is 15.5 Å². The van der Waals surface area contributed by atoms with Crippen LogP contribution in [0.1, 0.15) is 53.9 Å². The molecule has 1 fully saturated rings. The lowest BCUT2D eigenvalue weighted by Gasteiger charge is -2.25. The van der Waals surface area contributed by atoms with Crippen molar-refractivity contribution in [2.24, 2.45) is 10.9 Å². The number of carbonyl (C=O) groups is 1. The van der Waals surface area contributed by atoms with Crippen molar-refractivity contribution in [2.45, 2.75) is 65.5 Å². The average molecular weight is 424 g/mol.